The first-order chi connectivity index (χ1) is 16.5. The van der Waals surface area contributed by atoms with Gasteiger partial charge in [0.1, 0.15) is 17.3 Å². The van der Waals surface area contributed by atoms with Crippen LogP contribution in [0, 0.1) is 0 Å². The first kappa shape index (κ1) is 23.6. The monoisotopic (exact) mass is 491 g/mol. The van der Waals surface area contributed by atoms with E-state index in [-0.39, 0.29) is 4.91 Å². The van der Waals surface area contributed by atoms with Crippen LogP contribution < -0.4 is 4.74 Å². The molecule has 8 heteroatoms. The Kier molecular flexibility index (Phi) is 7.67. The second-order valence-electron chi connectivity index (χ2n) is 7.32. The van der Waals surface area contributed by atoms with Gasteiger partial charge in [0.05, 0.1) is 0 Å². The average Bonchev–Trinajstić information content (AvgIpc) is 3.26. The molecule has 1 heterocycles. The van der Waals surface area contributed by atoms with Crippen molar-refractivity contribution in [2.75, 3.05) is 0 Å². The molecule has 0 atom stereocenters. The Morgan fingerprint density at radius 1 is 1.06 bits per heavy atom. The molecule has 0 aliphatic rings. The summed E-state index contributed by atoms with van der Waals surface area (Å²) < 4.78 is 7.75. The summed E-state index contributed by atoms with van der Waals surface area (Å²) in [6.07, 6.45) is 1.61. The normalized spacial score (nSPS) is 11.4. The van der Waals surface area contributed by atoms with Gasteiger partial charge in [-0.15, -0.1) is 10.2 Å². The molecule has 0 radical (unpaired) electrons. The largest absolute Gasteiger partial charge is 0.489 e. The van der Waals surface area contributed by atoms with Crippen LogP contribution in [-0.2, 0) is 17.9 Å². The van der Waals surface area contributed by atoms with Gasteiger partial charge in [0, 0.05) is 17.1 Å². The van der Waals surface area contributed by atoms with E-state index in [1.54, 1.807) is 18.2 Å². The molecule has 0 spiro atoms. The van der Waals surface area contributed by atoms with E-state index in [0.29, 0.717) is 34.9 Å². The lowest BCUT2D eigenvalue weighted by Crippen LogP contribution is -2.02. The number of carboxylic acids is 1. The van der Waals surface area contributed by atoms with Crippen molar-refractivity contribution in [2.45, 2.75) is 25.2 Å². The maximum absolute atomic E-state index is 12.0. The van der Waals surface area contributed by atoms with Crippen LogP contribution >= 0.6 is 23.4 Å². The van der Waals surface area contributed by atoms with E-state index >= 15 is 0 Å². The van der Waals surface area contributed by atoms with Crippen LogP contribution in [0.4, 0.5) is 0 Å². The molecular formula is C26H22ClN3O3S. The summed E-state index contributed by atoms with van der Waals surface area (Å²) in [5, 5.41) is 19.5. The number of hydrogen-bond acceptors (Lipinski definition) is 5. The quantitative estimate of drug-likeness (QED) is 0.215. The Balaban J connectivity index is 1.55. The summed E-state index contributed by atoms with van der Waals surface area (Å²) in [5.41, 5.74) is 2.63. The SMILES string of the molecule is CCn1c(S/C(=C\c2cccc(OCc3ccccc3)c2)C(=O)O)nnc1-c1ccc(Cl)cc1. The molecule has 34 heavy (non-hydrogen) atoms. The molecule has 0 bridgehead atoms. The van der Waals surface area contributed by atoms with Crippen LogP contribution in [0.2, 0.25) is 5.02 Å². The summed E-state index contributed by atoms with van der Waals surface area (Å²) in [6, 6.07) is 24.5. The summed E-state index contributed by atoms with van der Waals surface area (Å²) in [6.45, 7) is 2.98. The topological polar surface area (TPSA) is 77.2 Å². The van der Waals surface area contributed by atoms with Gasteiger partial charge in [0.2, 0.25) is 0 Å². The predicted octanol–water partition coefficient (Wildman–Crippen LogP) is 6.42. The van der Waals surface area contributed by atoms with Gasteiger partial charge in [-0.3, -0.25) is 0 Å². The number of aliphatic carboxylic acids is 1. The fourth-order valence-electron chi connectivity index (χ4n) is 3.28. The van der Waals surface area contributed by atoms with Crippen LogP contribution in [0.1, 0.15) is 18.1 Å². The van der Waals surface area contributed by atoms with Crippen LogP contribution in [0.5, 0.6) is 5.75 Å². The van der Waals surface area contributed by atoms with Gasteiger partial charge in [0.25, 0.3) is 0 Å². The number of hydrogen-bond donors (Lipinski definition) is 1. The second kappa shape index (κ2) is 11.0. The molecule has 0 saturated carbocycles. The van der Waals surface area contributed by atoms with Crippen molar-refractivity contribution >= 4 is 35.4 Å². The number of rotatable bonds is 9. The molecule has 3 aromatic carbocycles. The van der Waals surface area contributed by atoms with Crippen molar-refractivity contribution < 1.29 is 14.6 Å². The van der Waals surface area contributed by atoms with Crippen molar-refractivity contribution in [1.29, 1.82) is 0 Å². The molecule has 0 unspecified atom stereocenters. The minimum absolute atomic E-state index is 0.130. The molecule has 0 saturated heterocycles. The Hall–Kier alpha value is -3.55. The van der Waals surface area contributed by atoms with Gasteiger partial charge < -0.3 is 14.4 Å². The zero-order valence-corrected chi connectivity index (χ0v) is 20.0. The van der Waals surface area contributed by atoms with Crippen molar-refractivity contribution in [3.8, 4) is 17.1 Å². The maximum Gasteiger partial charge on any atom is 0.342 e. The third-order valence-electron chi connectivity index (χ3n) is 4.95. The van der Waals surface area contributed by atoms with E-state index in [1.807, 2.05) is 78.2 Å². The fourth-order valence-corrected chi connectivity index (χ4v) is 4.29. The molecule has 1 N–H and O–H groups in total. The second-order valence-corrected chi connectivity index (χ2v) is 8.77. The minimum atomic E-state index is -1.04. The van der Waals surface area contributed by atoms with Gasteiger partial charge in [-0.1, -0.05) is 54.1 Å². The van der Waals surface area contributed by atoms with Crippen LogP contribution in [0.15, 0.2) is 88.9 Å². The highest BCUT2D eigenvalue weighted by atomic mass is 35.5. The zero-order chi connectivity index (χ0) is 23.9. The number of carboxylic acid groups (broad SMARTS) is 1. The van der Waals surface area contributed by atoms with Crippen molar-refractivity contribution in [3.05, 3.63) is 99.9 Å². The summed E-state index contributed by atoms with van der Waals surface area (Å²) in [4.78, 5) is 12.2. The molecule has 0 aliphatic heterocycles. The van der Waals surface area contributed by atoms with Crippen LogP contribution in [0.25, 0.3) is 17.5 Å². The number of aromatic nitrogens is 3. The first-order valence-electron chi connectivity index (χ1n) is 10.6. The smallest absolute Gasteiger partial charge is 0.342 e. The Labute approximate surface area is 206 Å². The van der Waals surface area contributed by atoms with E-state index < -0.39 is 5.97 Å². The zero-order valence-electron chi connectivity index (χ0n) is 18.4. The van der Waals surface area contributed by atoms with E-state index in [4.69, 9.17) is 16.3 Å². The van der Waals surface area contributed by atoms with Gasteiger partial charge in [-0.25, -0.2) is 4.79 Å². The summed E-state index contributed by atoms with van der Waals surface area (Å²) in [5.74, 6) is 0.274. The van der Waals surface area contributed by atoms with E-state index in [2.05, 4.69) is 10.2 Å². The molecule has 0 aliphatic carbocycles. The highest BCUT2D eigenvalue weighted by Crippen LogP contribution is 2.31. The number of ether oxygens (including phenoxy) is 1. The summed E-state index contributed by atoms with van der Waals surface area (Å²) >= 11 is 7.05. The third kappa shape index (κ3) is 5.87. The first-order valence-corrected chi connectivity index (χ1v) is 11.8. The van der Waals surface area contributed by atoms with E-state index in [0.717, 1.165) is 28.5 Å². The lowest BCUT2D eigenvalue weighted by atomic mass is 10.2. The number of halogens is 1. The predicted molar refractivity (Wildman–Crippen MR) is 135 cm³/mol. The highest BCUT2D eigenvalue weighted by Gasteiger charge is 2.18. The van der Waals surface area contributed by atoms with E-state index in [9.17, 15) is 9.90 Å². The van der Waals surface area contributed by atoms with Crippen molar-refractivity contribution in [1.82, 2.24) is 14.8 Å². The Bertz CT molecular complexity index is 1300. The van der Waals surface area contributed by atoms with Gasteiger partial charge in [-0.2, -0.15) is 0 Å². The van der Waals surface area contributed by atoms with Gasteiger partial charge in [0.15, 0.2) is 11.0 Å². The molecule has 0 amide bonds. The standard InChI is InChI=1S/C26H22ClN3O3S/c1-2-30-24(20-11-13-21(27)14-12-20)28-29-26(30)34-23(25(31)32)16-19-9-6-10-22(15-19)33-17-18-7-4-3-5-8-18/h3-16H,2,17H2,1H3,(H,31,32)/b23-16-. The number of benzene rings is 3. The number of nitrogens with zero attached hydrogens (tertiary/aromatic N) is 3. The molecule has 0 fully saturated rings. The van der Waals surface area contributed by atoms with Crippen LogP contribution in [0.3, 0.4) is 0 Å². The molecule has 6 nitrogen and oxygen atoms in total. The molecular weight excluding hydrogens is 470 g/mol. The van der Waals surface area contributed by atoms with Crippen LogP contribution in [-0.4, -0.2) is 25.8 Å². The number of thioether (sulfide) groups is 1. The minimum Gasteiger partial charge on any atom is -0.489 e. The average molecular weight is 492 g/mol. The molecule has 1 aromatic heterocycles. The van der Waals surface area contributed by atoms with Gasteiger partial charge >= 0.3 is 5.97 Å². The van der Waals surface area contributed by atoms with E-state index in [1.165, 1.54) is 0 Å². The Morgan fingerprint density at radius 2 is 1.82 bits per heavy atom. The highest BCUT2D eigenvalue weighted by molar-refractivity contribution is 8.04. The number of carbonyl (C=O) groups is 1. The summed E-state index contributed by atoms with van der Waals surface area (Å²) in [7, 11) is 0. The van der Waals surface area contributed by atoms with Crippen molar-refractivity contribution in [2.24, 2.45) is 0 Å². The third-order valence-corrected chi connectivity index (χ3v) is 6.20. The van der Waals surface area contributed by atoms with Crippen molar-refractivity contribution in [3.63, 3.8) is 0 Å². The Morgan fingerprint density at radius 3 is 2.53 bits per heavy atom. The van der Waals surface area contributed by atoms with Gasteiger partial charge in [-0.05, 0) is 72.3 Å². The lowest BCUT2D eigenvalue weighted by Gasteiger charge is -2.09. The molecule has 4 aromatic rings. The fraction of sp³-hybridized carbons (Fsp3) is 0.115. The molecule has 172 valence electrons. The lowest BCUT2D eigenvalue weighted by molar-refractivity contribution is -0.131. The molecule has 4 rings (SSSR count). The maximum atomic E-state index is 12.0.